The Bertz CT molecular complexity index is 665. The molecular weight excluding hydrogens is 316 g/mol. The molecular formula is C17H20O7. The zero-order valence-electron chi connectivity index (χ0n) is 13.7. The fourth-order valence-electron chi connectivity index (χ4n) is 3.40. The van der Waals surface area contributed by atoms with E-state index in [2.05, 4.69) is 0 Å². The number of carbonyl (C=O) groups excluding carboxylic acids is 3. The number of ketones is 1. The summed E-state index contributed by atoms with van der Waals surface area (Å²) in [5.74, 6) is -5.58. The highest BCUT2D eigenvalue weighted by Crippen LogP contribution is 2.47. The van der Waals surface area contributed by atoms with Crippen molar-refractivity contribution >= 4 is 17.7 Å². The van der Waals surface area contributed by atoms with E-state index in [4.69, 9.17) is 9.47 Å². The van der Waals surface area contributed by atoms with Gasteiger partial charge in [-0.3, -0.25) is 14.4 Å². The van der Waals surface area contributed by atoms with Crippen molar-refractivity contribution in [1.82, 2.24) is 0 Å². The Morgan fingerprint density at radius 1 is 1.21 bits per heavy atom. The van der Waals surface area contributed by atoms with Crippen LogP contribution in [-0.4, -0.2) is 47.8 Å². The molecule has 0 unspecified atom stereocenters. The lowest BCUT2D eigenvalue weighted by Gasteiger charge is -2.43. The van der Waals surface area contributed by atoms with E-state index in [9.17, 15) is 24.6 Å². The van der Waals surface area contributed by atoms with Crippen LogP contribution in [0.15, 0.2) is 24.3 Å². The molecule has 0 heterocycles. The van der Waals surface area contributed by atoms with Gasteiger partial charge in [-0.2, -0.15) is 0 Å². The van der Waals surface area contributed by atoms with Gasteiger partial charge in [0.05, 0.1) is 25.7 Å². The molecule has 2 rings (SSSR count). The molecule has 1 saturated carbocycles. The number of rotatable bonds is 3. The summed E-state index contributed by atoms with van der Waals surface area (Å²) in [6.07, 6.45) is -0.373. The van der Waals surface area contributed by atoms with Crippen LogP contribution in [0.1, 0.15) is 24.8 Å². The van der Waals surface area contributed by atoms with Gasteiger partial charge >= 0.3 is 11.9 Å². The average molecular weight is 336 g/mol. The molecule has 0 aromatic heterocycles. The van der Waals surface area contributed by atoms with Crippen LogP contribution in [0.2, 0.25) is 0 Å². The van der Waals surface area contributed by atoms with E-state index >= 15 is 0 Å². The summed E-state index contributed by atoms with van der Waals surface area (Å²) in [5, 5.41) is 20.4. The van der Waals surface area contributed by atoms with Gasteiger partial charge in [0.15, 0.2) is 5.78 Å². The topological polar surface area (TPSA) is 110 Å². The standard InChI is InChI=1S/C17H20O7/c1-17(22)8-11(19)13(15(20)23-2)12(14(17)16(21)24-3)9-5-4-6-10(18)7-9/h4-7,12-14,18,22H,8H2,1-3H3/t12-,13+,14-,17+/m0/s1. The molecule has 0 bridgehead atoms. The molecule has 1 aromatic carbocycles. The van der Waals surface area contributed by atoms with Crippen molar-refractivity contribution in [2.24, 2.45) is 11.8 Å². The van der Waals surface area contributed by atoms with Gasteiger partial charge in [-0.1, -0.05) is 12.1 Å². The van der Waals surface area contributed by atoms with E-state index in [1.54, 1.807) is 6.07 Å². The average Bonchev–Trinajstić information content (AvgIpc) is 2.52. The van der Waals surface area contributed by atoms with Crippen molar-refractivity contribution in [3.8, 4) is 5.75 Å². The van der Waals surface area contributed by atoms with Crippen LogP contribution < -0.4 is 0 Å². The van der Waals surface area contributed by atoms with Crippen LogP contribution in [0.5, 0.6) is 5.75 Å². The maximum absolute atomic E-state index is 12.5. The van der Waals surface area contributed by atoms with E-state index in [1.807, 2.05) is 0 Å². The number of hydrogen-bond donors (Lipinski definition) is 2. The fourth-order valence-corrected chi connectivity index (χ4v) is 3.40. The Kier molecular flexibility index (Phi) is 4.94. The molecule has 0 radical (unpaired) electrons. The largest absolute Gasteiger partial charge is 0.508 e. The Morgan fingerprint density at radius 2 is 1.83 bits per heavy atom. The van der Waals surface area contributed by atoms with Gasteiger partial charge in [0.25, 0.3) is 0 Å². The van der Waals surface area contributed by atoms with Gasteiger partial charge in [-0.15, -0.1) is 0 Å². The molecule has 0 spiro atoms. The summed E-state index contributed by atoms with van der Waals surface area (Å²) in [6, 6.07) is 5.88. The number of hydrogen-bond acceptors (Lipinski definition) is 7. The van der Waals surface area contributed by atoms with E-state index in [-0.39, 0.29) is 12.2 Å². The summed E-state index contributed by atoms with van der Waals surface area (Å²) < 4.78 is 9.50. The number of phenolic OH excluding ortho intramolecular Hbond substituents is 1. The number of phenols is 1. The third-order valence-corrected chi connectivity index (χ3v) is 4.43. The Hall–Kier alpha value is -2.41. The van der Waals surface area contributed by atoms with Crippen molar-refractivity contribution < 1.29 is 34.1 Å². The van der Waals surface area contributed by atoms with Crippen molar-refractivity contribution in [1.29, 1.82) is 0 Å². The summed E-state index contributed by atoms with van der Waals surface area (Å²) in [4.78, 5) is 36.9. The number of esters is 2. The van der Waals surface area contributed by atoms with Crippen molar-refractivity contribution in [2.75, 3.05) is 14.2 Å². The molecule has 0 aliphatic heterocycles. The number of aliphatic hydroxyl groups is 1. The summed E-state index contributed by atoms with van der Waals surface area (Å²) >= 11 is 0. The maximum Gasteiger partial charge on any atom is 0.316 e. The van der Waals surface area contributed by atoms with E-state index in [1.165, 1.54) is 32.2 Å². The van der Waals surface area contributed by atoms with Crippen LogP contribution in [0, 0.1) is 11.8 Å². The minimum absolute atomic E-state index is 0.0857. The van der Waals surface area contributed by atoms with Gasteiger partial charge in [0.1, 0.15) is 11.7 Å². The molecule has 2 N–H and O–H groups in total. The SMILES string of the molecule is COC(=O)[C@@H]1C(=O)C[C@@](C)(O)[C@H](C(=O)OC)[C@H]1c1cccc(O)c1. The monoisotopic (exact) mass is 336 g/mol. The smallest absolute Gasteiger partial charge is 0.316 e. The molecule has 1 aliphatic carbocycles. The Balaban J connectivity index is 2.65. The maximum atomic E-state index is 12.5. The van der Waals surface area contributed by atoms with E-state index < -0.39 is 41.1 Å². The number of ether oxygens (including phenoxy) is 2. The van der Waals surface area contributed by atoms with Crippen LogP contribution in [0.4, 0.5) is 0 Å². The van der Waals surface area contributed by atoms with Crippen molar-refractivity contribution in [3.63, 3.8) is 0 Å². The molecule has 4 atom stereocenters. The highest BCUT2D eigenvalue weighted by Gasteiger charge is 2.56. The minimum Gasteiger partial charge on any atom is -0.508 e. The highest BCUT2D eigenvalue weighted by molar-refractivity contribution is 6.02. The zero-order chi connectivity index (χ0) is 18.1. The second kappa shape index (κ2) is 6.60. The summed E-state index contributed by atoms with van der Waals surface area (Å²) in [7, 11) is 2.32. The first-order valence-electron chi connectivity index (χ1n) is 7.42. The summed E-state index contributed by atoms with van der Waals surface area (Å²) in [6.45, 7) is 1.36. The normalized spacial score (nSPS) is 29.8. The van der Waals surface area contributed by atoms with Crippen LogP contribution >= 0.6 is 0 Å². The fraction of sp³-hybridized carbons (Fsp3) is 0.471. The summed E-state index contributed by atoms with van der Waals surface area (Å²) in [5.41, 5.74) is -1.32. The number of Topliss-reactive ketones (excluding diaryl/α,β-unsaturated/α-hetero) is 1. The van der Waals surface area contributed by atoms with E-state index in [0.29, 0.717) is 5.56 Å². The Morgan fingerprint density at radius 3 is 2.38 bits per heavy atom. The second-order valence-electron chi connectivity index (χ2n) is 6.12. The van der Waals surface area contributed by atoms with Gasteiger partial charge < -0.3 is 19.7 Å². The van der Waals surface area contributed by atoms with Crippen LogP contribution in [-0.2, 0) is 23.9 Å². The van der Waals surface area contributed by atoms with Gasteiger partial charge in [-0.25, -0.2) is 0 Å². The third-order valence-electron chi connectivity index (χ3n) is 4.43. The lowest BCUT2D eigenvalue weighted by molar-refractivity contribution is -0.170. The molecule has 0 saturated heterocycles. The molecule has 0 amide bonds. The number of aromatic hydroxyl groups is 1. The minimum atomic E-state index is -1.69. The third kappa shape index (κ3) is 3.12. The van der Waals surface area contributed by atoms with Gasteiger partial charge in [-0.05, 0) is 24.6 Å². The molecule has 24 heavy (non-hydrogen) atoms. The first-order valence-corrected chi connectivity index (χ1v) is 7.42. The second-order valence-corrected chi connectivity index (χ2v) is 6.12. The zero-order valence-corrected chi connectivity index (χ0v) is 13.7. The molecule has 1 aliphatic rings. The lowest BCUT2D eigenvalue weighted by Crippen LogP contribution is -2.55. The number of benzene rings is 1. The van der Waals surface area contributed by atoms with Crippen molar-refractivity contribution in [2.45, 2.75) is 24.9 Å². The Labute approximate surface area is 139 Å². The van der Waals surface area contributed by atoms with Gasteiger partial charge in [0.2, 0.25) is 0 Å². The number of carbonyl (C=O) groups is 3. The molecule has 7 nitrogen and oxygen atoms in total. The predicted molar refractivity (Wildman–Crippen MR) is 82.1 cm³/mol. The number of methoxy groups -OCH3 is 2. The first-order chi connectivity index (χ1) is 11.2. The lowest BCUT2D eigenvalue weighted by atomic mass is 9.61. The van der Waals surface area contributed by atoms with Gasteiger partial charge in [0, 0.05) is 12.3 Å². The molecule has 130 valence electrons. The molecule has 1 fully saturated rings. The van der Waals surface area contributed by atoms with Crippen molar-refractivity contribution in [3.05, 3.63) is 29.8 Å². The molecule has 7 heteroatoms. The quantitative estimate of drug-likeness (QED) is 0.620. The first kappa shape index (κ1) is 17.9. The predicted octanol–water partition coefficient (Wildman–Crippen LogP) is 0.778. The van der Waals surface area contributed by atoms with Crippen LogP contribution in [0.3, 0.4) is 0 Å². The van der Waals surface area contributed by atoms with E-state index in [0.717, 1.165) is 7.11 Å². The van der Waals surface area contributed by atoms with Crippen LogP contribution in [0.25, 0.3) is 0 Å². The highest BCUT2D eigenvalue weighted by atomic mass is 16.5. The molecule has 1 aromatic rings.